The maximum absolute atomic E-state index is 12.8. The van der Waals surface area contributed by atoms with Crippen LogP contribution in [0, 0.1) is 13.8 Å². The Balaban J connectivity index is 1.24. The summed E-state index contributed by atoms with van der Waals surface area (Å²) in [5.41, 5.74) is 11.3. The summed E-state index contributed by atoms with van der Waals surface area (Å²) in [6, 6.07) is 14.4. The van der Waals surface area contributed by atoms with Crippen molar-refractivity contribution in [3.8, 4) is 0 Å². The Morgan fingerprint density at radius 2 is 1.79 bits per heavy atom. The molecule has 2 heterocycles. The molecule has 0 fully saturated rings. The fourth-order valence-electron chi connectivity index (χ4n) is 4.29. The van der Waals surface area contributed by atoms with E-state index in [4.69, 9.17) is 5.73 Å². The average Bonchev–Trinajstić information content (AvgIpc) is 3.36. The lowest BCUT2D eigenvalue weighted by Gasteiger charge is -2.08. The molecule has 1 aliphatic rings. The van der Waals surface area contributed by atoms with E-state index in [2.05, 4.69) is 31.1 Å². The Morgan fingerprint density at radius 1 is 1.03 bits per heavy atom. The number of aromatic amines is 1. The third kappa shape index (κ3) is 6.15. The molecule has 10 nitrogen and oxygen atoms in total. The van der Waals surface area contributed by atoms with Gasteiger partial charge in [0.1, 0.15) is 0 Å². The second kappa shape index (κ2) is 12.0. The molecule has 0 radical (unpaired) electrons. The zero-order valence-corrected chi connectivity index (χ0v) is 21.4. The van der Waals surface area contributed by atoms with Crippen LogP contribution in [0.4, 0.5) is 17.1 Å². The van der Waals surface area contributed by atoms with Gasteiger partial charge in [-0.3, -0.25) is 14.4 Å². The number of carbonyl (C=O) groups is 3. The summed E-state index contributed by atoms with van der Waals surface area (Å²) in [5, 5.41) is 16.7. The molecule has 0 saturated heterocycles. The predicted molar refractivity (Wildman–Crippen MR) is 150 cm³/mol. The van der Waals surface area contributed by atoms with Gasteiger partial charge >= 0.3 is 0 Å². The minimum absolute atomic E-state index is 0.0809. The first-order chi connectivity index (χ1) is 18.3. The highest BCUT2D eigenvalue weighted by atomic mass is 16.2. The highest BCUT2D eigenvalue weighted by Gasteiger charge is 2.25. The number of aryl methyl sites for hydroxylation is 1. The molecule has 3 aromatic rings. The highest BCUT2D eigenvalue weighted by molar-refractivity contribution is 6.53. The van der Waals surface area contributed by atoms with Crippen LogP contribution < -0.4 is 21.7 Å². The van der Waals surface area contributed by atoms with Gasteiger partial charge in [0.25, 0.3) is 11.8 Å². The third-order valence-corrected chi connectivity index (χ3v) is 6.29. The molecule has 10 heteroatoms. The van der Waals surface area contributed by atoms with Gasteiger partial charge in [0.15, 0.2) is 5.71 Å². The highest BCUT2D eigenvalue weighted by Crippen LogP contribution is 2.23. The lowest BCUT2D eigenvalue weighted by atomic mass is 10.1. The summed E-state index contributed by atoms with van der Waals surface area (Å²) in [6.07, 6.45) is 4.16. The van der Waals surface area contributed by atoms with Crippen LogP contribution in [0.5, 0.6) is 0 Å². The Morgan fingerprint density at radius 3 is 2.61 bits per heavy atom. The predicted octanol–water partition coefficient (Wildman–Crippen LogP) is 3.92. The van der Waals surface area contributed by atoms with Gasteiger partial charge in [-0.1, -0.05) is 36.8 Å². The van der Waals surface area contributed by atoms with E-state index in [9.17, 15) is 14.4 Å². The number of nitrogens with two attached hydrogens (primary N) is 1. The van der Waals surface area contributed by atoms with Crippen LogP contribution in [0.3, 0.4) is 0 Å². The SMILES string of the molecule is Cc1[nH]c(C=NN=C2C(=O)Nc3ccccc32)c(C)c1C(=O)NCCCCCC(=O)Nc1ccccc1N. The number of H-pyrrole nitrogens is 1. The van der Waals surface area contributed by atoms with Crippen LogP contribution >= 0.6 is 0 Å². The molecule has 0 bridgehead atoms. The number of anilines is 3. The van der Waals surface area contributed by atoms with Crippen LogP contribution in [0.15, 0.2) is 58.7 Å². The molecule has 0 unspecified atom stereocenters. The zero-order chi connectivity index (χ0) is 27.1. The first kappa shape index (κ1) is 26.3. The third-order valence-electron chi connectivity index (χ3n) is 6.29. The van der Waals surface area contributed by atoms with Crippen molar-refractivity contribution in [1.29, 1.82) is 0 Å². The van der Waals surface area contributed by atoms with E-state index in [1.165, 1.54) is 6.21 Å². The minimum atomic E-state index is -0.302. The molecular weight excluding hydrogens is 482 g/mol. The average molecular weight is 514 g/mol. The number of rotatable bonds is 10. The number of unbranched alkanes of at least 4 members (excludes halogenated alkanes) is 2. The Kier molecular flexibility index (Phi) is 8.32. The van der Waals surface area contributed by atoms with Gasteiger partial charge in [-0.15, -0.1) is 5.10 Å². The van der Waals surface area contributed by atoms with Gasteiger partial charge in [0.2, 0.25) is 5.91 Å². The molecule has 38 heavy (non-hydrogen) atoms. The molecule has 3 amide bonds. The largest absolute Gasteiger partial charge is 0.397 e. The summed E-state index contributed by atoms with van der Waals surface area (Å²) in [5.74, 6) is -0.560. The lowest BCUT2D eigenvalue weighted by Crippen LogP contribution is -2.25. The number of nitrogen functional groups attached to an aromatic ring is 1. The van der Waals surface area contributed by atoms with E-state index in [0.29, 0.717) is 53.3 Å². The number of nitrogens with one attached hydrogen (secondary N) is 4. The molecule has 0 saturated carbocycles. The first-order valence-electron chi connectivity index (χ1n) is 12.5. The molecule has 1 aliphatic heterocycles. The number of fused-ring (bicyclic) bond motifs is 1. The molecule has 6 N–H and O–H groups in total. The van der Waals surface area contributed by atoms with Crippen molar-refractivity contribution >= 4 is 46.7 Å². The fourth-order valence-corrected chi connectivity index (χ4v) is 4.29. The molecule has 0 atom stereocenters. The molecular formula is C28H31N7O3. The minimum Gasteiger partial charge on any atom is -0.397 e. The number of carbonyl (C=O) groups excluding carboxylic acids is 3. The van der Waals surface area contributed by atoms with Crippen molar-refractivity contribution in [2.75, 3.05) is 22.9 Å². The molecule has 4 rings (SSSR count). The van der Waals surface area contributed by atoms with Gasteiger partial charge in [-0.25, -0.2) is 0 Å². The van der Waals surface area contributed by atoms with Gasteiger partial charge in [-0.2, -0.15) is 5.10 Å². The normalized spacial score (nSPS) is 13.5. The first-order valence-corrected chi connectivity index (χ1v) is 12.5. The van der Waals surface area contributed by atoms with Crippen molar-refractivity contribution < 1.29 is 14.4 Å². The Labute approximate surface area is 220 Å². The summed E-state index contributed by atoms with van der Waals surface area (Å²) in [6.45, 7) is 4.16. The van der Waals surface area contributed by atoms with Crippen LogP contribution in [-0.4, -0.2) is 41.2 Å². The van der Waals surface area contributed by atoms with Gasteiger partial charge in [-0.05, 0) is 50.5 Å². The number of hydrogen-bond donors (Lipinski definition) is 5. The maximum atomic E-state index is 12.8. The molecule has 2 aromatic carbocycles. The quantitative estimate of drug-likeness (QED) is 0.121. The van der Waals surface area contributed by atoms with Crippen molar-refractivity contribution in [3.63, 3.8) is 0 Å². The maximum Gasteiger partial charge on any atom is 0.276 e. The standard InChI is InChI=1S/C28H31N7O3/c1-17-23(16-31-35-26-19-10-5-7-12-21(19)34-28(26)38)32-18(2)25(17)27(37)30-15-9-3-4-14-24(36)33-22-13-8-6-11-20(22)29/h5-8,10-13,16,32H,3-4,9,14-15,29H2,1-2H3,(H,30,37)(H,33,36)(H,34,35,38). The van der Waals surface area contributed by atoms with E-state index >= 15 is 0 Å². The molecule has 196 valence electrons. The van der Waals surface area contributed by atoms with Crippen LogP contribution in [0.2, 0.25) is 0 Å². The fraction of sp³-hybridized carbons (Fsp3) is 0.250. The van der Waals surface area contributed by atoms with Gasteiger partial charge in [0.05, 0.1) is 34.5 Å². The van der Waals surface area contributed by atoms with Gasteiger partial charge in [0, 0.05) is 24.2 Å². The number of para-hydroxylation sites is 3. The number of benzene rings is 2. The zero-order valence-electron chi connectivity index (χ0n) is 21.4. The number of amides is 3. The topological polar surface area (TPSA) is 154 Å². The Hall–Kier alpha value is -4.73. The van der Waals surface area contributed by atoms with Crippen molar-refractivity contribution in [3.05, 3.63) is 76.6 Å². The van der Waals surface area contributed by atoms with Crippen LogP contribution in [0.1, 0.15) is 58.6 Å². The van der Waals surface area contributed by atoms with Crippen molar-refractivity contribution in [1.82, 2.24) is 10.3 Å². The summed E-state index contributed by atoms with van der Waals surface area (Å²) in [4.78, 5) is 40.3. The second-order valence-corrected chi connectivity index (χ2v) is 9.06. The molecule has 0 spiro atoms. The summed E-state index contributed by atoms with van der Waals surface area (Å²) in [7, 11) is 0. The Bertz CT molecular complexity index is 1420. The monoisotopic (exact) mass is 513 g/mol. The van der Waals surface area contributed by atoms with Crippen molar-refractivity contribution in [2.45, 2.75) is 39.5 Å². The van der Waals surface area contributed by atoms with E-state index in [1.807, 2.05) is 50.2 Å². The van der Waals surface area contributed by atoms with Crippen molar-refractivity contribution in [2.24, 2.45) is 10.2 Å². The van der Waals surface area contributed by atoms with E-state index in [0.717, 1.165) is 24.1 Å². The molecule has 0 aliphatic carbocycles. The van der Waals surface area contributed by atoms with Gasteiger partial charge < -0.3 is 26.7 Å². The van der Waals surface area contributed by atoms with E-state index in [1.54, 1.807) is 12.1 Å². The summed E-state index contributed by atoms with van der Waals surface area (Å²) >= 11 is 0. The molecule has 1 aromatic heterocycles. The number of hydrogen-bond acceptors (Lipinski definition) is 6. The van der Waals surface area contributed by atoms with E-state index in [-0.39, 0.29) is 23.4 Å². The number of aromatic nitrogens is 1. The second-order valence-electron chi connectivity index (χ2n) is 9.06. The van der Waals surface area contributed by atoms with Crippen LogP contribution in [-0.2, 0) is 9.59 Å². The summed E-state index contributed by atoms with van der Waals surface area (Å²) < 4.78 is 0. The lowest BCUT2D eigenvalue weighted by molar-refractivity contribution is -0.116. The smallest absolute Gasteiger partial charge is 0.276 e. The number of nitrogens with zero attached hydrogens (tertiary/aromatic N) is 2. The van der Waals surface area contributed by atoms with Crippen LogP contribution in [0.25, 0.3) is 0 Å². The van der Waals surface area contributed by atoms with E-state index < -0.39 is 0 Å².